The molecule has 5 nitrogen and oxygen atoms in total. The Labute approximate surface area is 148 Å². The number of hydrogen-bond acceptors (Lipinski definition) is 5. The zero-order chi connectivity index (χ0) is 17.9. The Hall–Kier alpha value is -2.70. The standard InChI is InChI=1S/C19H16F2N4O/c1-10-22-25-18(26-10)19-7-5-11(6-8-19)12-9-15(23-24-17(12)19)16-13(20)3-2-4-14(16)21/h2-4,9,11H,5-8H2,1H3. The largest absolute Gasteiger partial charge is 0.425 e. The molecule has 0 aliphatic heterocycles. The van der Waals surface area contributed by atoms with Gasteiger partial charge in [-0.1, -0.05) is 6.07 Å². The number of fused-ring (bicyclic) bond motifs is 2. The molecule has 3 aliphatic rings. The highest BCUT2D eigenvalue weighted by Crippen LogP contribution is 2.55. The minimum atomic E-state index is -0.637. The van der Waals surface area contributed by atoms with Crippen LogP contribution >= 0.6 is 0 Å². The number of halogens is 2. The molecule has 0 amide bonds. The first kappa shape index (κ1) is 15.5. The molecule has 1 aromatic carbocycles. The van der Waals surface area contributed by atoms with Gasteiger partial charge in [-0.25, -0.2) is 8.78 Å². The fourth-order valence-electron chi connectivity index (χ4n) is 4.42. The Morgan fingerprint density at radius 3 is 2.42 bits per heavy atom. The lowest BCUT2D eigenvalue weighted by Crippen LogP contribution is -2.40. The summed E-state index contributed by atoms with van der Waals surface area (Å²) in [6.07, 6.45) is 3.65. The van der Waals surface area contributed by atoms with Gasteiger partial charge in [0.2, 0.25) is 11.8 Å². The van der Waals surface area contributed by atoms with Crippen molar-refractivity contribution in [1.82, 2.24) is 20.4 Å². The third-order valence-corrected chi connectivity index (χ3v) is 5.71. The first-order chi connectivity index (χ1) is 12.6. The number of benzene rings is 1. The molecule has 26 heavy (non-hydrogen) atoms. The van der Waals surface area contributed by atoms with E-state index in [0.29, 0.717) is 17.7 Å². The van der Waals surface area contributed by atoms with Gasteiger partial charge in [0.05, 0.1) is 22.4 Å². The summed E-state index contributed by atoms with van der Waals surface area (Å²) >= 11 is 0. The molecular formula is C19H16F2N4O. The molecule has 2 aromatic heterocycles. The van der Waals surface area contributed by atoms with Gasteiger partial charge < -0.3 is 4.42 Å². The topological polar surface area (TPSA) is 64.7 Å². The second kappa shape index (κ2) is 5.40. The summed E-state index contributed by atoms with van der Waals surface area (Å²) in [6.45, 7) is 1.76. The summed E-state index contributed by atoms with van der Waals surface area (Å²) in [7, 11) is 0. The second-order valence-electron chi connectivity index (χ2n) is 7.11. The SMILES string of the molecule is Cc1nnc(C23CCC(CC2)c2cc(-c4c(F)cccc4F)nnc23)o1. The number of rotatable bonds is 2. The van der Waals surface area contributed by atoms with E-state index in [0.717, 1.165) is 36.9 Å². The molecule has 6 rings (SSSR count). The van der Waals surface area contributed by atoms with E-state index in [-0.39, 0.29) is 11.3 Å². The molecule has 3 aliphatic carbocycles. The fraction of sp³-hybridized carbons (Fsp3) is 0.368. The molecule has 0 radical (unpaired) electrons. The molecular weight excluding hydrogens is 338 g/mol. The minimum Gasteiger partial charge on any atom is -0.425 e. The summed E-state index contributed by atoms with van der Waals surface area (Å²) in [5, 5.41) is 16.8. The maximum absolute atomic E-state index is 14.2. The molecule has 2 bridgehead atoms. The third-order valence-electron chi connectivity index (χ3n) is 5.71. The molecule has 0 saturated heterocycles. The molecule has 0 atom stereocenters. The van der Waals surface area contributed by atoms with E-state index in [2.05, 4.69) is 20.4 Å². The quantitative estimate of drug-likeness (QED) is 0.694. The highest BCUT2D eigenvalue weighted by molar-refractivity contribution is 5.62. The Morgan fingerprint density at radius 1 is 1.04 bits per heavy atom. The number of hydrogen-bond donors (Lipinski definition) is 0. The third kappa shape index (κ3) is 2.06. The van der Waals surface area contributed by atoms with Crippen LogP contribution in [0.5, 0.6) is 0 Å². The highest BCUT2D eigenvalue weighted by atomic mass is 19.1. The van der Waals surface area contributed by atoms with Gasteiger partial charge in [0, 0.05) is 6.92 Å². The Kier molecular flexibility index (Phi) is 3.23. The van der Waals surface area contributed by atoms with E-state index >= 15 is 0 Å². The van der Waals surface area contributed by atoms with Gasteiger partial charge in [0.15, 0.2) is 0 Å². The summed E-state index contributed by atoms with van der Waals surface area (Å²) in [4.78, 5) is 0. The van der Waals surface area contributed by atoms with Crippen molar-refractivity contribution in [3.8, 4) is 11.3 Å². The lowest BCUT2D eigenvalue weighted by molar-refractivity contribution is 0.222. The lowest BCUT2D eigenvalue weighted by atomic mass is 9.59. The van der Waals surface area contributed by atoms with E-state index < -0.39 is 17.0 Å². The van der Waals surface area contributed by atoms with Crippen LogP contribution in [0.1, 0.15) is 54.6 Å². The van der Waals surface area contributed by atoms with E-state index in [9.17, 15) is 8.78 Å². The predicted molar refractivity (Wildman–Crippen MR) is 88.4 cm³/mol. The maximum Gasteiger partial charge on any atom is 0.228 e. The number of aryl methyl sites for hydroxylation is 1. The van der Waals surface area contributed by atoms with Gasteiger partial charge in [-0.15, -0.1) is 15.3 Å². The van der Waals surface area contributed by atoms with Crippen LogP contribution in [0.25, 0.3) is 11.3 Å². The molecule has 7 heteroatoms. The van der Waals surface area contributed by atoms with Gasteiger partial charge in [0.1, 0.15) is 11.6 Å². The second-order valence-corrected chi connectivity index (χ2v) is 7.11. The number of aromatic nitrogens is 4. The Bertz CT molecular complexity index is 988. The van der Waals surface area contributed by atoms with Gasteiger partial charge in [0.25, 0.3) is 0 Å². The van der Waals surface area contributed by atoms with Crippen LogP contribution < -0.4 is 0 Å². The molecule has 3 aromatic rings. The number of nitrogens with zero attached hydrogens (tertiary/aromatic N) is 4. The first-order valence-corrected chi connectivity index (χ1v) is 8.71. The average Bonchev–Trinajstić information content (AvgIpc) is 3.09. The fourth-order valence-corrected chi connectivity index (χ4v) is 4.42. The van der Waals surface area contributed by atoms with Crippen molar-refractivity contribution in [2.24, 2.45) is 0 Å². The zero-order valence-electron chi connectivity index (χ0n) is 14.2. The molecule has 1 fully saturated rings. The summed E-state index contributed by atoms with van der Waals surface area (Å²) in [5.41, 5.74) is 1.45. The van der Waals surface area contributed by atoms with Crippen LogP contribution in [0.15, 0.2) is 28.7 Å². The first-order valence-electron chi connectivity index (χ1n) is 8.71. The summed E-state index contributed by atoms with van der Waals surface area (Å²) in [6, 6.07) is 5.59. The van der Waals surface area contributed by atoms with Gasteiger partial charge in [-0.3, -0.25) is 0 Å². The van der Waals surface area contributed by atoms with Crippen LogP contribution in [0.4, 0.5) is 8.78 Å². The van der Waals surface area contributed by atoms with E-state index in [1.807, 2.05) is 0 Å². The van der Waals surface area contributed by atoms with E-state index in [1.165, 1.54) is 18.2 Å². The Balaban J connectivity index is 1.69. The predicted octanol–water partition coefficient (Wildman–Crippen LogP) is 4.07. The summed E-state index contributed by atoms with van der Waals surface area (Å²) < 4.78 is 34.1. The molecule has 132 valence electrons. The van der Waals surface area contributed by atoms with Crippen molar-refractivity contribution in [2.75, 3.05) is 0 Å². The van der Waals surface area contributed by atoms with E-state index in [1.54, 1.807) is 13.0 Å². The van der Waals surface area contributed by atoms with Crippen molar-refractivity contribution < 1.29 is 13.2 Å². The van der Waals surface area contributed by atoms with Gasteiger partial charge in [-0.05, 0) is 55.4 Å². The van der Waals surface area contributed by atoms with Crippen molar-refractivity contribution >= 4 is 0 Å². The minimum absolute atomic E-state index is 0.132. The van der Waals surface area contributed by atoms with Crippen LogP contribution in [-0.4, -0.2) is 20.4 Å². The maximum atomic E-state index is 14.2. The zero-order valence-corrected chi connectivity index (χ0v) is 14.2. The van der Waals surface area contributed by atoms with Crippen molar-refractivity contribution in [1.29, 1.82) is 0 Å². The van der Waals surface area contributed by atoms with Crippen LogP contribution in [0.3, 0.4) is 0 Å². The monoisotopic (exact) mass is 354 g/mol. The molecule has 2 heterocycles. The molecule has 0 unspecified atom stereocenters. The smallest absolute Gasteiger partial charge is 0.228 e. The van der Waals surface area contributed by atoms with Crippen LogP contribution in [0.2, 0.25) is 0 Å². The van der Waals surface area contributed by atoms with Crippen LogP contribution in [-0.2, 0) is 5.41 Å². The normalized spacial score (nSPS) is 23.9. The average molecular weight is 354 g/mol. The molecule has 0 spiro atoms. The highest BCUT2D eigenvalue weighted by Gasteiger charge is 2.51. The Morgan fingerprint density at radius 2 is 1.77 bits per heavy atom. The van der Waals surface area contributed by atoms with Crippen molar-refractivity contribution in [3.63, 3.8) is 0 Å². The van der Waals surface area contributed by atoms with Gasteiger partial charge >= 0.3 is 0 Å². The molecule has 1 saturated carbocycles. The van der Waals surface area contributed by atoms with Crippen molar-refractivity contribution in [2.45, 2.75) is 43.9 Å². The van der Waals surface area contributed by atoms with Gasteiger partial charge in [-0.2, -0.15) is 5.10 Å². The molecule has 0 N–H and O–H groups in total. The lowest BCUT2D eigenvalue weighted by Gasteiger charge is -2.44. The summed E-state index contributed by atoms with van der Waals surface area (Å²) in [5.74, 6) is 0.125. The van der Waals surface area contributed by atoms with Crippen LogP contribution in [0, 0.1) is 18.6 Å². The van der Waals surface area contributed by atoms with E-state index in [4.69, 9.17) is 4.42 Å². The van der Waals surface area contributed by atoms with Crippen molar-refractivity contribution in [3.05, 3.63) is 58.9 Å².